The number of hydrogen-bond acceptors (Lipinski definition) is 4. The van der Waals surface area contributed by atoms with Crippen LogP contribution in [0.2, 0.25) is 5.02 Å². The largest absolute Gasteiger partial charge is 0.350 e. The molecular weight excluding hydrogens is 460 g/mol. The van der Waals surface area contributed by atoms with Crippen LogP contribution < -0.4 is 5.32 Å². The van der Waals surface area contributed by atoms with Crippen molar-refractivity contribution in [2.45, 2.75) is 6.42 Å². The summed E-state index contributed by atoms with van der Waals surface area (Å²) in [6, 6.07) is 7.58. The Hall–Kier alpha value is -1.07. The molecule has 0 radical (unpaired) electrons. The molecule has 0 spiro atoms. The minimum absolute atomic E-state index is 0.249. The lowest BCUT2D eigenvalue weighted by Crippen LogP contribution is -2.26. The maximum absolute atomic E-state index is 12.8. The fourth-order valence-electron chi connectivity index (χ4n) is 2.75. The highest BCUT2D eigenvalue weighted by Crippen LogP contribution is 2.96. The van der Waals surface area contributed by atoms with Crippen LogP contribution in [0.1, 0.15) is 16.1 Å². The van der Waals surface area contributed by atoms with Gasteiger partial charge in [0.2, 0.25) is 6.12 Å². The normalized spacial score (nSPS) is 13.5. The van der Waals surface area contributed by atoms with E-state index < -0.39 is 27.8 Å². The Morgan fingerprint density at radius 2 is 1.86 bits per heavy atom. The Bertz CT molecular complexity index is 1020. The molecule has 154 valence electrons. The van der Waals surface area contributed by atoms with Crippen molar-refractivity contribution in [2.24, 2.45) is 4.74 Å². The molecule has 1 aromatic carbocycles. The summed E-state index contributed by atoms with van der Waals surface area (Å²) in [5.74, 6) is 0.112. The predicted molar refractivity (Wildman–Crippen MR) is 138 cm³/mol. The fraction of sp³-hybridized carbons (Fsp3) is 0.263. The molecule has 1 aromatic heterocycles. The number of aromatic nitrogens is 2. The third-order valence-corrected chi connectivity index (χ3v) is 33.1. The summed E-state index contributed by atoms with van der Waals surface area (Å²) < 4.78 is 5.05. The summed E-state index contributed by atoms with van der Waals surface area (Å²) in [5, 5.41) is 3.62. The lowest BCUT2D eigenvalue weighted by atomic mass is 10.1. The minimum Gasteiger partial charge on any atom is -0.350 e. The molecule has 0 saturated carbocycles. The summed E-state index contributed by atoms with van der Waals surface area (Å²) in [7, 11) is -1.03. The van der Waals surface area contributed by atoms with Crippen molar-refractivity contribution in [3.05, 3.63) is 52.9 Å². The molecular formula is C19H26ClN4OP4+. The number of amides is 1. The Morgan fingerprint density at radius 3 is 2.41 bits per heavy atom. The van der Waals surface area contributed by atoms with E-state index in [2.05, 4.69) is 54.2 Å². The predicted octanol–water partition coefficient (Wildman–Crippen LogP) is 6.31. The van der Waals surface area contributed by atoms with Gasteiger partial charge in [-0.15, -0.1) is 0 Å². The molecule has 2 aromatic rings. The van der Waals surface area contributed by atoms with Crippen LogP contribution in [0, 0.1) is 0 Å². The fourth-order valence-corrected chi connectivity index (χ4v) is 26.0. The SMILES string of the molecule is C=P(=C)P(=Nc1nccnc1C(=O)NCCc1ccc(Cl)cc1)(P(C)C)[P+](=C)C. The van der Waals surface area contributed by atoms with Crippen molar-refractivity contribution in [1.82, 2.24) is 15.3 Å². The molecule has 0 aliphatic carbocycles. The molecule has 2 unspecified atom stereocenters. The monoisotopic (exact) mass is 485 g/mol. The summed E-state index contributed by atoms with van der Waals surface area (Å²) in [6.45, 7) is 6.21. The second kappa shape index (κ2) is 10.8. The van der Waals surface area contributed by atoms with Gasteiger partial charge in [-0.2, -0.15) is 4.74 Å². The first-order valence-corrected chi connectivity index (χ1v) is 18.9. The maximum atomic E-state index is 12.8. The highest BCUT2D eigenvalue weighted by atomic mass is 35.5. The molecule has 5 nitrogen and oxygen atoms in total. The van der Waals surface area contributed by atoms with Crippen molar-refractivity contribution in [3.63, 3.8) is 0 Å². The quantitative estimate of drug-likeness (QED) is 0.445. The zero-order chi connectivity index (χ0) is 21.6. The third kappa shape index (κ3) is 5.97. The maximum Gasteiger partial charge on any atom is 0.273 e. The zero-order valence-electron chi connectivity index (χ0n) is 16.9. The van der Waals surface area contributed by atoms with Crippen molar-refractivity contribution in [2.75, 3.05) is 26.5 Å². The molecule has 0 fully saturated rings. The van der Waals surface area contributed by atoms with Crippen LogP contribution in [0.15, 0.2) is 41.4 Å². The zero-order valence-corrected chi connectivity index (χ0v) is 21.2. The van der Waals surface area contributed by atoms with Crippen LogP contribution in [-0.4, -0.2) is 61.3 Å². The van der Waals surface area contributed by atoms with Crippen molar-refractivity contribution < 1.29 is 4.79 Å². The van der Waals surface area contributed by atoms with Gasteiger partial charge in [-0.1, -0.05) is 36.3 Å². The Morgan fingerprint density at radius 1 is 1.24 bits per heavy atom. The standard InChI is InChI=1S/C19H25ClN4OP4/c1-26(2)29(27(3)4,28(5)6)24-18-17(21-13-14-22-18)19(25)23-12-11-15-7-9-16(20)10-8-15/h7-10,13-14H,1-3,11-12H2,4-6H3/p+1. The first kappa shape index (κ1) is 24.2. The topological polar surface area (TPSA) is 67.2 Å². The van der Waals surface area contributed by atoms with E-state index in [0.29, 0.717) is 23.8 Å². The number of halogens is 1. The molecule has 1 heterocycles. The Kier molecular flexibility index (Phi) is 9.02. The van der Waals surface area contributed by atoms with Gasteiger partial charge >= 0.3 is 0 Å². The van der Waals surface area contributed by atoms with Crippen LogP contribution in [0.3, 0.4) is 0 Å². The molecule has 1 N–H and O–H groups in total. The second-order valence-corrected chi connectivity index (χ2v) is 26.4. The number of nitrogens with one attached hydrogen (secondary N) is 1. The summed E-state index contributed by atoms with van der Waals surface area (Å²) >= 11 is 5.91. The molecule has 0 saturated heterocycles. The van der Waals surface area contributed by atoms with Gasteiger partial charge in [-0.05, 0) is 51.9 Å². The average molecular weight is 486 g/mol. The van der Waals surface area contributed by atoms with Gasteiger partial charge in [-0.3, -0.25) is 4.79 Å². The lowest BCUT2D eigenvalue weighted by molar-refractivity contribution is 0.0949. The van der Waals surface area contributed by atoms with Gasteiger partial charge in [-0.25, -0.2) is 9.97 Å². The van der Waals surface area contributed by atoms with Gasteiger partial charge in [0.05, 0.1) is 13.0 Å². The summed E-state index contributed by atoms with van der Waals surface area (Å²) in [4.78, 5) is 21.4. The Balaban J connectivity index is 2.30. The van der Waals surface area contributed by atoms with Crippen molar-refractivity contribution in [3.8, 4) is 0 Å². The number of benzene rings is 1. The first-order valence-electron chi connectivity index (χ1n) is 8.78. The van der Waals surface area contributed by atoms with E-state index in [9.17, 15) is 4.79 Å². The van der Waals surface area contributed by atoms with Gasteiger partial charge in [0.1, 0.15) is 7.23 Å². The highest BCUT2D eigenvalue weighted by Gasteiger charge is 2.34. The highest BCUT2D eigenvalue weighted by molar-refractivity contribution is 8.85. The molecule has 29 heavy (non-hydrogen) atoms. The molecule has 2 rings (SSSR count). The molecule has 0 bridgehead atoms. The number of rotatable bonds is 8. The second-order valence-electron chi connectivity index (χ2n) is 6.51. The van der Waals surface area contributed by atoms with Gasteiger partial charge in [0.15, 0.2) is 11.5 Å². The first-order chi connectivity index (χ1) is 13.7. The number of carbonyl (C=O) groups excluding carboxylic acids is 1. The third-order valence-electron chi connectivity index (χ3n) is 4.11. The van der Waals surface area contributed by atoms with Crippen LogP contribution >= 0.6 is 39.4 Å². The van der Waals surface area contributed by atoms with E-state index in [-0.39, 0.29) is 11.6 Å². The van der Waals surface area contributed by atoms with Crippen LogP contribution in [-0.2, 0) is 6.42 Å². The number of hydrogen-bond donors (Lipinski definition) is 1. The van der Waals surface area contributed by atoms with E-state index in [1.807, 2.05) is 24.3 Å². The van der Waals surface area contributed by atoms with E-state index >= 15 is 0 Å². The van der Waals surface area contributed by atoms with Crippen molar-refractivity contribution in [1.29, 1.82) is 0 Å². The van der Waals surface area contributed by atoms with E-state index in [1.165, 1.54) is 6.20 Å². The van der Waals surface area contributed by atoms with Crippen molar-refractivity contribution >= 4 is 70.0 Å². The minimum atomic E-state index is -1.89. The van der Waals surface area contributed by atoms with Crippen LogP contribution in [0.25, 0.3) is 0 Å². The van der Waals surface area contributed by atoms with Crippen LogP contribution in [0.5, 0.6) is 0 Å². The summed E-state index contributed by atoms with van der Waals surface area (Å²) in [6.07, 6.45) is 14.7. The molecule has 10 heteroatoms. The van der Waals surface area contributed by atoms with E-state index in [0.717, 1.165) is 5.56 Å². The number of carbonyl (C=O) groups is 1. The Labute approximate surface area is 180 Å². The lowest BCUT2D eigenvalue weighted by Gasteiger charge is -2.19. The molecule has 1 amide bonds. The van der Waals surface area contributed by atoms with Gasteiger partial charge < -0.3 is 5.32 Å². The molecule has 0 aliphatic rings. The molecule has 0 aliphatic heterocycles. The van der Waals surface area contributed by atoms with Crippen LogP contribution in [0.4, 0.5) is 5.82 Å². The molecule has 2 atom stereocenters. The smallest absolute Gasteiger partial charge is 0.273 e. The van der Waals surface area contributed by atoms with E-state index in [1.54, 1.807) is 6.20 Å². The number of nitrogens with zero attached hydrogens (tertiary/aromatic N) is 3. The van der Waals surface area contributed by atoms with Gasteiger partial charge in [0, 0.05) is 24.0 Å². The van der Waals surface area contributed by atoms with E-state index in [4.69, 9.17) is 16.3 Å². The average Bonchev–Trinajstić information content (AvgIpc) is 2.67. The van der Waals surface area contributed by atoms with Gasteiger partial charge in [0.25, 0.3) is 5.91 Å². The summed E-state index contributed by atoms with van der Waals surface area (Å²) in [5.41, 5.74) is 1.35.